The van der Waals surface area contributed by atoms with Crippen molar-refractivity contribution in [2.24, 2.45) is 0 Å². The highest BCUT2D eigenvalue weighted by Crippen LogP contribution is 2.32. The van der Waals surface area contributed by atoms with Crippen molar-refractivity contribution < 1.29 is 23.7 Å². The van der Waals surface area contributed by atoms with E-state index in [4.69, 9.17) is 23.9 Å². The van der Waals surface area contributed by atoms with Gasteiger partial charge in [-0.25, -0.2) is 9.97 Å². The minimum atomic E-state index is -0.354. The molecule has 0 bridgehead atoms. The van der Waals surface area contributed by atoms with Crippen LogP contribution in [0.25, 0.3) is 11.3 Å². The average molecular weight is 480 g/mol. The fourth-order valence-corrected chi connectivity index (χ4v) is 3.96. The lowest BCUT2D eigenvalue weighted by Crippen LogP contribution is -2.35. The van der Waals surface area contributed by atoms with E-state index in [1.165, 1.54) is 7.11 Å². The normalized spacial score (nSPS) is 12.7. The number of hydrogen-bond acceptors (Lipinski definition) is 9. The van der Waals surface area contributed by atoms with Gasteiger partial charge in [-0.15, -0.1) is 0 Å². The highest BCUT2D eigenvalue weighted by molar-refractivity contribution is 6.09. The maximum absolute atomic E-state index is 13.1. The third-order valence-corrected chi connectivity index (χ3v) is 5.93. The molecular weight excluding hydrogens is 450 g/mol. The summed E-state index contributed by atoms with van der Waals surface area (Å²) >= 11 is 0. The van der Waals surface area contributed by atoms with E-state index in [0.717, 1.165) is 17.9 Å². The van der Waals surface area contributed by atoms with Crippen molar-refractivity contribution in [3.05, 3.63) is 54.0 Å². The lowest BCUT2D eigenvalue weighted by atomic mass is 10.1. The van der Waals surface area contributed by atoms with Crippen molar-refractivity contribution >= 4 is 17.4 Å². The second-order valence-electron chi connectivity index (χ2n) is 7.83. The summed E-state index contributed by atoms with van der Waals surface area (Å²) in [5.74, 6) is 1.59. The van der Waals surface area contributed by atoms with Crippen LogP contribution >= 0.6 is 0 Å². The lowest BCUT2D eigenvalue weighted by Gasteiger charge is -2.26. The monoisotopic (exact) mass is 479 g/mol. The average Bonchev–Trinajstić information content (AvgIpc) is 3.24. The van der Waals surface area contributed by atoms with Crippen molar-refractivity contribution in [1.29, 1.82) is 0 Å². The molecule has 0 aromatic carbocycles. The summed E-state index contributed by atoms with van der Waals surface area (Å²) in [5, 5.41) is 0. The maximum Gasteiger partial charge on any atom is 0.260 e. The Labute approximate surface area is 204 Å². The van der Waals surface area contributed by atoms with Crippen LogP contribution in [0, 0.1) is 0 Å². The molecule has 3 aromatic heterocycles. The van der Waals surface area contributed by atoms with Gasteiger partial charge >= 0.3 is 0 Å². The zero-order valence-corrected chi connectivity index (χ0v) is 20.5. The van der Waals surface area contributed by atoms with Crippen molar-refractivity contribution in [3.63, 3.8) is 0 Å². The smallest absolute Gasteiger partial charge is 0.260 e. The Morgan fingerprint density at radius 1 is 1.03 bits per heavy atom. The van der Waals surface area contributed by atoms with Crippen LogP contribution in [-0.4, -0.2) is 68.7 Å². The molecule has 10 nitrogen and oxygen atoms in total. The minimum absolute atomic E-state index is 0.106. The lowest BCUT2D eigenvalue weighted by molar-refractivity contribution is -0.0949. The first-order valence-corrected chi connectivity index (χ1v) is 11.2. The van der Waals surface area contributed by atoms with Crippen molar-refractivity contribution in [2.45, 2.75) is 19.8 Å². The fraction of sp³-hybridized carbons (Fsp3) is 0.360. The number of rotatable bonds is 10. The van der Waals surface area contributed by atoms with Crippen LogP contribution in [0.2, 0.25) is 0 Å². The van der Waals surface area contributed by atoms with Gasteiger partial charge in [-0.1, -0.05) is 0 Å². The second-order valence-corrected chi connectivity index (χ2v) is 7.83. The topological polar surface area (TPSA) is 99.1 Å². The summed E-state index contributed by atoms with van der Waals surface area (Å²) in [6.07, 6.45) is 3.02. The summed E-state index contributed by atoms with van der Waals surface area (Å²) in [6.45, 7) is 3.68. The number of amides is 1. The number of methoxy groups -OCH3 is 4. The summed E-state index contributed by atoms with van der Waals surface area (Å²) in [4.78, 5) is 30.4. The number of hydrogen-bond donors (Lipinski definition) is 0. The Morgan fingerprint density at radius 3 is 2.46 bits per heavy atom. The molecule has 0 radical (unpaired) electrons. The van der Waals surface area contributed by atoms with Gasteiger partial charge < -0.3 is 28.7 Å². The molecule has 4 heterocycles. The molecular formula is C25H29N5O5. The van der Waals surface area contributed by atoms with Gasteiger partial charge in [0.1, 0.15) is 5.82 Å². The van der Waals surface area contributed by atoms with E-state index in [1.807, 2.05) is 36.1 Å². The van der Waals surface area contributed by atoms with Crippen LogP contribution < -0.4 is 19.3 Å². The Bertz CT molecular complexity index is 1180. The Kier molecular flexibility index (Phi) is 7.42. The minimum Gasteiger partial charge on any atom is -0.491 e. The van der Waals surface area contributed by atoms with Gasteiger partial charge in [0.05, 0.1) is 56.1 Å². The Morgan fingerprint density at radius 2 is 1.83 bits per heavy atom. The molecule has 0 aliphatic carbocycles. The molecule has 3 aromatic rings. The van der Waals surface area contributed by atoms with Gasteiger partial charge in [-0.05, 0) is 37.3 Å². The van der Waals surface area contributed by atoms with Gasteiger partial charge in [-0.3, -0.25) is 9.78 Å². The molecule has 4 rings (SSSR count). The molecule has 1 amide bonds. The number of aromatic nitrogens is 3. The number of ether oxygens (including phenoxy) is 4. The predicted octanol–water partition coefficient (Wildman–Crippen LogP) is 3.16. The van der Waals surface area contributed by atoms with Crippen molar-refractivity contribution in [1.82, 2.24) is 15.0 Å². The molecule has 0 fully saturated rings. The number of nitrogens with zero attached hydrogens (tertiary/aromatic N) is 5. The molecule has 0 N–H and O–H groups in total. The molecule has 184 valence electrons. The number of carbonyl (C=O) groups excluding carboxylic acids is 1. The van der Waals surface area contributed by atoms with Crippen LogP contribution in [0.15, 0.2) is 42.7 Å². The van der Waals surface area contributed by atoms with Gasteiger partial charge in [0.15, 0.2) is 12.0 Å². The standard InChI is InChI=1S/C25H29N5O5/c1-6-29(15-23(33-3)34-4)22-10-7-17(13-26-22)30-14-20-18(25(30)31)8-9-19(28-20)16-11-21(32-2)24(35-5)27-12-16/h7-13,23H,6,14-15H2,1-5H3. The van der Waals surface area contributed by atoms with E-state index >= 15 is 0 Å². The second kappa shape index (κ2) is 10.7. The molecule has 0 saturated carbocycles. The van der Waals surface area contributed by atoms with Gasteiger partial charge in [0.2, 0.25) is 0 Å². The largest absolute Gasteiger partial charge is 0.491 e. The molecule has 10 heteroatoms. The third kappa shape index (κ3) is 4.89. The summed E-state index contributed by atoms with van der Waals surface area (Å²) < 4.78 is 21.2. The zero-order chi connectivity index (χ0) is 24.9. The van der Waals surface area contributed by atoms with Crippen LogP contribution in [0.5, 0.6) is 11.6 Å². The Hall–Kier alpha value is -3.76. The van der Waals surface area contributed by atoms with E-state index in [1.54, 1.807) is 44.7 Å². The van der Waals surface area contributed by atoms with E-state index in [-0.39, 0.29) is 12.2 Å². The number of likely N-dealkylation sites (N-methyl/N-ethyl adjacent to an activating group) is 1. The molecule has 1 aliphatic rings. The van der Waals surface area contributed by atoms with E-state index in [2.05, 4.69) is 9.97 Å². The van der Waals surface area contributed by atoms with Gasteiger partial charge in [0, 0.05) is 32.5 Å². The number of fused-ring (bicyclic) bond motifs is 1. The van der Waals surface area contributed by atoms with Crippen LogP contribution in [0.3, 0.4) is 0 Å². The third-order valence-electron chi connectivity index (χ3n) is 5.93. The van der Waals surface area contributed by atoms with Crippen LogP contribution in [-0.2, 0) is 16.0 Å². The molecule has 35 heavy (non-hydrogen) atoms. The molecule has 1 aliphatic heterocycles. The Balaban J connectivity index is 1.54. The number of pyridine rings is 3. The fourth-order valence-electron chi connectivity index (χ4n) is 3.96. The number of anilines is 2. The molecule has 0 saturated heterocycles. The van der Waals surface area contributed by atoms with E-state index in [9.17, 15) is 4.79 Å². The van der Waals surface area contributed by atoms with E-state index < -0.39 is 0 Å². The highest BCUT2D eigenvalue weighted by atomic mass is 16.7. The quantitative estimate of drug-likeness (QED) is 0.406. The first-order chi connectivity index (χ1) is 17.0. The van der Waals surface area contributed by atoms with Crippen molar-refractivity contribution in [2.75, 3.05) is 51.3 Å². The van der Waals surface area contributed by atoms with Crippen LogP contribution in [0.1, 0.15) is 23.0 Å². The predicted molar refractivity (Wildman–Crippen MR) is 131 cm³/mol. The van der Waals surface area contributed by atoms with Crippen LogP contribution in [0.4, 0.5) is 11.5 Å². The van der Waals surface area contributed by atoms with E-state index in [0.29, 0.717) is 47.4 Å². The maximum atomic E-state index is 13.1. The van der Waals surface area contributed by atoms with Crippen molar-refractivity contribution in [3.8, 4) is 22.9 Å². The zero-order valence-electron chi connectivity index (χ0n) is 20.5. The summed E-state index contributed by atoms with van der Waals surface area (Å²) in [7, 11) is 6.31. The first-order valence-electron chi connectivity index (χ1n) is 11.2. The summed E-state index contributed by atoms with van der Waals surface area (Å²) in [5.41, 5.74) is 3.45. The highest BCUT2D eigenvalue weighted by Gasteiger charge is 2.30. The van der Waals surface area contributed by atoms with Gasteiger partial charge in [-0.2, -0.15) is 0 Å². The summed E-state index contributed by atoms with van der Waals surface area (Å²) in [6, 6.07) is 9.21. The van der Waals surface area contributed by atoms with Gasteiger partial charge in [0.25, 0.3) is 11.8 Å². The molecule has 0 unspecified atom stereocenters. The molecule has 0 spiro atoms. The number of carbonyl (C=O) groups is 1. The SMILES string of the molecule is CCN(CC(OC)OC)c1ccc(N2Cc3nc(-c4cnc(OC)c(OC)c4)ccc3C2=O)cn1. The first kappa shape index (κ1) is 24.4. The molecule has 0 atom stereocenters.